The minimum Gasteiger partial charge on any atom is -0.377 e. The minimum absolute atomic E-state index is 0.0455. The summed E-state index contributed by atoms with van der Waals surface area (Å²) >= 11 is 0. The Bertz CT molecular complexity index is 706. The summed E-state index contributed by atoms with van der Waals surface area (Å²) in [5.74, 6) is -0.0455. The molecule has 1 aromatic carbocycles. The van der Waals surface area contributed by atoms with Gasteiger partial charge in [0.05, 0.1) is 11.0 Å². The van der Waals surface area contributed by atoms with Crippen LogP contribution in [0.25, 0.3) is 0 Å². The summed E-state index contributed by atoms with van der Waals surface area (Å²) in [6.07, 6.45) is 3.66. The van der Waals surface area contributed by atoms with E-state index in [-0.39, 0.29) is 23.5 Å². The summed E-state index contributed by atoms with van der Waals surface area (Å²) in [5.41, 5.74) is 0.519. The summed E-state index contributed by atoms with van der Waals surface area (Å²) in [7, 11) is -1.65. The molecule has 1 atom stereocenters. The molecule has 2 saturated heterocycles. The number of amides is 1. The van der Waals surface area contributed by atoms with Crippen molar-refractivity contribution in [3.05, 3.63) is 29.8 Å². The van der Waals surface area contributed by atoms with Crippen LogP contribution < -0.4 is 10.0 Å². The number of benzene rings is 1. The van der Waals surface area contributed by atoms with Gasteiger partial charge in [0.1, 0.15) is 0 Å². The number of sulfonamides is 1. The molecule has 1 aromatic rings. The molecule has 2 heterocycles. The topological polar surface area (TPSA) is 87.7 Å². The fourth-order valence-electron chi connectivity index (χ4n) is 3.42. The molecule has 0 aromatic heterocycles. The van der Waals surface area contributed by atoms with Crippen LogP contribution in [0.3, 0.4) is 0 Å². The largest absolute Gasteiger partial charge is 0.377 e. The number of carbonyl (C=O) groups excluding carboxylic acids is 1. The number of piperidine rings is 1. The van der Waals surface area contributed by atoms with Crippen LogP contribution in [-0.4, -0.2) is 64.7 Å². The van der Waals surface area contributed by atoms with Gasteiger partial charge in [-0.15, -0.1) is 0 Å². The number of hydrogen-bond donors (Lipinski definition) is 2. The van der Waals surface area contributed by atoms with Crippen molar-refractivity contribution >= 4 is 15.9 Å². The smallest absolute Gasteiger partial charge is 0.253 e. The number of hydrogen-bond acceptors (Lipinski definition) is 5. The number of carbonyl (C=O) groups is 1. The van der Waals surface area contributed by atoms with Gasteiger partial charge in [-0.1, -0.05) is 0 Å². The first-order valence-electron chi connectivity index (χ1n) is 9.17. The Kier molecular flexibility index (Phi) is 6.29. The molecule has 2 aliphatic heterocycles. The second kappa shape index (κ2) is 8.47. The Balaban J connectivity index is 1.59. The highest BCUT2D eigenvalue weighted by atomic mass is 32.2. The zero-order valence-corrected chi connectivity index (χ0v) is 15.9. The van der Waals surface area contributed by atoms with E-state index in [0.29, 0.717) is 31.3 Å². The highest BCUT2D eigenvalue weighted by Crippen LogP contribution is 2.17. The third-order valence-corrected chi connectivity index (χ3v) is 6.57. The van der Waals surface area contributed by atoms with Crippen LogP contribution in [-0.2, 0) is 14.8 Å². The summed E-state index contributed by atoms with van der Waals surface area (Å²) in [4.78, 5) is 14.6. The van der Waals surface area contributed by atoms with E-state index < -0.39 is 10.0 Å². The highest BCUT2D eigenvalue weighted by molar-refractivity contribution is 7.89. The molecule has 2 N–H and O–H groups in total. The second-order valence-electron chi connectivity index (χ2n) is 6.87. The Morgan fingerprint density at radius 1 is 1.19 bits per heavy atom. The van der Waals surface area contributed by atoms with Crippen molar-refractivity contribution in [1.29, 1.82) is 0 Å². The third-order valence-electron chi connectivity index (χ3n) is 5.13. The predicted octanol–water partition coefficient (Wildman–Crippen LogP) is 0.968. The molecule has 2 fully saturated rings. The molecule has 144 valence electrons. The minimum atomic E-state index is -3.59. The van der Waals surface area contributed by atoms with Crippen LogP contribution in [0, 0.1) is 0 Å². The first-order valence-corrected chi connectivity index (χ1v) is 10.7. The third kappa shape index (κ3) is 4.62. The quantitative estimate of drug-likeness (QED) is 0.767. The normalized spacial score (nSPS) is 21.9. The van der Waals surface area contributed by atoms with E-state index in [1.165, 1.54) is 12.1 Å². The molecule has 3 rings (SSSR count). The van der Waals surface area contributed by atoms with Gasteiger partial charge in [-0.05, 0) is 57.0 Å². The van der Waals surface area contributed by atoms with Crippen LogP contribution in [0.2, 0.25) is 0 Å². The van der Waals surface area contributed by atoms with Crippen molar-refractivity contribution in [2.75, 3.05) is 33.3 Å². The molecule has 1 unspecified atom stereocenters. The molecular formula is C18H27N3O4S. The molecule has 2 aliphatic rings. The molecular weight excluding hydrogens is 354 g/mol. The van der Waals surface area contributed by atoms with Gasteiger partial charge >= 0.3 is 0 Å². The summed E-state index contributed by atoms with van der Waals surface area (Å²) in [6.45, 7) is 2.40. The molecule has 7 nitrogen and oxygen atoms in total. The fourth-order valence-corrected chi connectivity index (χ4v) is 4.49. The maximum Gasteiger partial charge on any atom is 0.253 e. The lowest BCUT2D eigenvalue weighted by atomic mass is 10.0. The Morgan fingerprint density at radius 3 is 2.46 bits per heavy atom. The highest BCUT2D eigenvalue weighted by Gasteiger charge is 2.24. The zero-order valence-electron chi connectivity index (χ0n) is 15.1. The molecule has 26 heavy (non-hydrogen) atoms. The van der Waals surface area contributed by atoms with E-state index in [0.717, 1.165) is 25.7 Å². The molecule has 0 saturated carbocycles. The van der Waals surface area contributed by atoms with Crippen molar-refractivity contribution in [2.45, 2.75) is 42.7 Å². The van der Waals surface area contributed by atoms with Crippen molar-refractivity contribution < 1.29 is 17.9 Å². The number of nitrogens with zero attached hydrogens (tertiary/aromatic N) is 1. The molecule has 1 amide bonds. The SMILES string of the molecule is CNC1CCN(C(=O)c2ccc(S(=O)(=O)NCC3CCCO3)cc2)CC1. The van der Waals surface area contributed by atoms with Gasteiger partial charge in [0.2, 0.25) is 10.0 Å². The van der Waals surface area contributed by atoms with Gasteiger partial charge < -0.3 is 15.0 Å². The summed E-state index contributed by atoms with van der Waals surface area (Å²) < 4.78 is 32.8. The maximum absolute atomic E-state index is 12.6. The lowest BCUT2D eigenvalue weighted by Crippen LogP contribution is -2.43. The summed E-state index contributed by atoms with van der Waals surface area (Å²) in [5, 5.41) is 3.24. The molecule has 0 bridgehead atoms. The summed E-state index contributed by atoms with van der Waals surface area (Å²) in [6, 6.07) is 6.62. The Morgan fingerprint density at radius 2 is 1.88 bits per heavy atom. The molecule has 0 spiro atoms. The average molecular weight is 381 g/mol. The van der Waals surface area contributed by atoms with Crippen LogP contribution in [0.15, 0.2) is 29.2 Å². The molecule has 0 aliphatic carbocycles. The lowest BCUT2D eigenvalue weighted by Gasteiger charge is -2.31. The van der Waals surface area contributed by atoms with Gasteiger partial charge in [-0.2, -0.15) is 0 Å². The molecule has 8 heteroatoms. The van der Waals surface area contributed by atoms with E-state index in [2.05, 4.69) is 10.0 Å². The lowest BCUT2D eigenvalue weighted by molar-refractivity contribution is 0.0707. The van der Waals surface area contributed by atoms with E-state index in [4.69, 9.17) is 4.74 Å². The Hall–Kier alpha value is -1.48. The zero-order chi connectivity index (χ0) is 18.6. The van der Waals surface area contributed by atoms with E-state index >= 15 is 0 Å². The number of rotatable bonds is 6. The predicted molar refractivity (Wildman–Crippen MR) is 98.6 cm³/mol. The van der Waals surface area contributed by atoms with Gasteiger partial charge in [0.25, 0.3) is 5.91 Å². The standard InChI is InChI=1S/C18H27N3O4S/c1-19-15-8-10-21(11-9-15)18(22)14-4-6-17(7-5-14)26(23,24)20-13-16-3-2-12-25-16/h4-7,15-16,19-20H,2-3,8-13H2,1H3. The number of nitrogens with one attached hydrogen (secondary N) is 2. The van der Waals surface area contributed by atoms with Crippen LogP contribution in [0.4, 0.5) is 0 Å². The molecule has 0 radical (unpaired) electrons. The number of likely N-dealkylation sites (tertiary alicyclic amines) is 1. The van der Waals surface area contributed by atoms with Crippen molar-refractivity contribution in [1.82, 2.24) is 14.9 Å². The van der Waals surface area contributed by atoms with E-state index in [1.807, 2.05) is 11.9 Å². The monoisotopic (exact) mass is 381 g/mol. The van der Waals surface area contributed by atoms with Crippen molar-refractivity contribution in [3.8, 4) is 0 Å². The van der Waals surface area contributed by atoms with Crippen molar-refractivity contribution in [3.63, 3.8) is 0 Å². The van der Waals surface area contributed by atoms with Crippen LogP contribution >= 0.6 is 0 Å². The maximum atomic E-state index is 12.6. The van der Waals surface area contributed by atoms with Crippen LogP contribution in [0.1, 0.15) is 36.0 Å². The van der Waals surface area contributed by atoms with Gasteiger partial charge in [0.15, 0.2) is 0 Å². The van der Waals surface area contributed by atoms with Gasteiger partial charge in [-0.3, -0.25) is 4.79 Å². The second-order valence-corrected chi connectivity index (χ2v) is 8.63. The van der Waals surface area contributed by atoms with E-state index in [1.54, 1.807) is 12.1 Å². The number of ether oxygens (including phenoxy) is 1. The van der Waals surface area contributed by atoms with E-state index in [9.17, 15) is 13.2 Å². The fraction of sp³-hybridized carbons (Fsp3) is 0.611. The first kappa shape index (κ1) is 19.3. The van der Waals surface area contributed by atoms with Gasteiger partial charge in [0, 0.05) is 37.8 Å². The van der Waals surface area contributed by atoms with Gasteiger partial charge in [-0.25, -0.2) is 13.1 Å². The Labute approximate surface area is 155 Å². The first-order chi connectivity index (χ1) is 12.5. The van der Waals surface area contributed by atoms with Crippen LogP contribution in [0.5, 0.6) is 0 Å². The average Bonchev–Trinajstić information content (AvgIpc) is 3.20. The van der Waals surface area contributed by atoms with Crippen molar-refractivity contribution in [2.24, 2.45) is 0 Å².